The topological polar surface area (TPSA) is 93.8 Å². The Balaban J connectivity index is 1.88. The minimum atomic E-state index is -0.521. The van der Waals surface area contributed by atoms with E-state index in [0.717, 1.165) is 0 Å². The summed E-state index contributed by atoms with van der Waals surface area (Å²) in [6.07, 6.45) is 1.29. The molecular formula is C15H11Cl2N3O4. The van der Waals surface area contributed by atoms with Gasteiger partial charge in [-0.3, -0.25) is 14.9 Å². The van der Waals surface area contributed by atoms with Crippen LogP contribution in [0.5, 0.6) is 5.75 Å². The first-order chi connectivity index (χ1) is 11.5. The Labute approximate surface area is 147 Å². The highest BCUT2D eigenvalue weighted by Crippen LogP contribution is 2.27. The van der Waals surface area contributed by atoms with Crippen LogP contribution in [0.15, 0.2) is 47.6 Å². The monoisotopic (exact) mass is 367 g/mol. The van der Waals surface area contributed by atoms with E-state index in [1.165, 1.54) is 30.5 Å². The van der Waals surface area contributed by atoms with Crippen molar-refractivity contribution in [1.82, 2.24) is 5.43 Å². The van der Waals surface area contributed by atoms with Gasteiger partial charge in [0.15, 0.2) is 6.61 Å². The van der Waals surface area contributed by atoms with Crippen LogP contribution >= 0.6 is 23.2 Å². The predicted molar refractivity (Wildman–Crippen MR) is 90.8 cm³/mol. The Morgan fingerprint density at radius 3 is 2.83 bits per heavy atom. The minimum absolute atomic E-state index is 0.0655. The Hall–Kier alpha value is -2.64. The van der Waals surface area contributed by atoms with Crippen LogP contribution in [0.3, 0.4) is 0 Å². The van der Waals surface area contributed by atoms with Gasteiger partial charge in [0.25, 0.3) is 11.6 Å². The van der Waals surface area contributed by atoms with Crippen molar-refractivity contribution in [2.24, 2.45) is 5.10 Å². The molecule has 2 rings (SSSR count). The van der Waals surface area contributed by atoms with E-state index < -0.39 is 10.8 Å². The third kappa shape index (κ3) is 5.22. The molecule has 0 aromatic heterocycles. The molecule has 1 amide bonds. The molecule has 0 bridgehead atoms. The molecule has 0 fully saturated rings. The molecule has 7 nitrogen and oxygen atoms in total. The summed E-state index contributed by atoms with van der Waals surface area (Å²) in [5.41, 5.74) is 2.65. The van der Waals surface area contributed by atoms with E-state index in [1.807, 2.05) is 0 Å². The highest BCUT2D eigenvalue weighted by Gasteiger charge is 2.07. The molecule has 0 aliphatic carbocycles. The number of hydrogen-bond acceptors (Lipinski definition) is 5. The molecule has 0 aliphatic heterocycles. The molecule has 124 valence electrons. The lowest BCUT2D eigenvalue weighted by Gasteiger charge is -2.07. The zero-order chi connectivity index (χ0) is 17.5. The highest BCUT2D eigenvalue weighted by molar-refractivity contribution is 6.34. The summed E-state index contributed by atoms with van der Waals surface area (Å²) in [6.45, 7) is -0.313. The SMILES string of the molecule is O=C(COc1cc(Cl)ccc1Cl)N/N=C/c1cccc([N+](=O)[O-])c1. The zero-order valence-corrected chi connectivity index (χ0v) is 13.6. The number of nitro benzene ring substituents is 1. The van der Waals surface area contributed by atoms with E-state index in [2.05, 4.69) is 10.5 Å². The third-order valence-corrected chi connectivity index (χ3v) is 3.28. The molecule has 2 aromatic carbocycles. The second-order valence-corrected chi connectivity index (χ2v) is 5.35. The molecule has 0 radical (unpaired) electrons. The number of halogens is 2. The highest BCUT2D eigenvalue weighted by atomic mass is 35.5. The average molecular weight is 368 g/mol. The number of hydrogen-bond donors (Lipinski definition) is 1. The quantitative estimate of drug-likeness (QED) is 0.480. The molecule has 0 heterocycles. The zero-order valence-electron chi connectivity index (χ0n) is 12.1. The van der Waals surface area contributed by atoms with Gasteiger partial charge in [-0.2, -0.15) is 5.10 Å². The molecule has 2 aromatic rings. The van der Waals surface area contributed by atoms with Crippen LogP contribution in [0.2, 0.25) is 10.0 Å². The number of amides is 1. The minimum Gasteiger partial charge on any atom is -0.482 e. The Kier molecular flexibility index (Phi) is 6.11. The fraction of sp³-hybridized carbons (Fsp3) is 0.0667. The molecule has 0 spiro atoms. The van der Waals surface area contributed by atoms with Crippen LogP contribution in [0, 0.1) is 10.1 Å². The van der Waals surface area contributed by atoms with Crippen molar-refractivity contribution >= 4 is 41.0 Å². The standard InChI is InChI=1S/C15H11Cl2N3O4/c16-11-4-5-13(17)14(7-11)24-9-15(21)19-18-8-10-2-1-3-12(6-10)20(22)23/h1-8H,9H2,(H,19,21)/b18-8+. The maximum atomic E-state index is 11.6. The summed E-state index contributed by atoms with van der Waals surface area (Å²) in [7, 11) is 0. The fourth-order valence-corrected chi connectivity index (χ4v) is 2.00. The molecule has 0 saturated carbocycles. The smallest absolute Gasteiger partial charge is 0.277 e. The first-order valence-corrected chi connectivity index (χ1v) is 7.35. The van der Waals surface area contributed by atoms with E-state index >= 15 is 0 Å². The number of nitrogens with zero attached hydrogens (tertiary/aromatic N) is 2. The molecule has 0 unspecified atom stereocenters. The van der Waals surface area contributed by atoms with Gasteiger partial charge in [0.2, 0.25) is 0 Å². The van der Waals surface area contributed by atoms with Crippen LogP contribution in [-0.4, -0.2) is 23.7 Å². The molecule has 9 heteroatoms. The first kappa shape index (κ1) is 17.7. The summed E-state index contributed by atoms with van der Waals surface area (Å²) >= 11 is 11.7. The number of carbonyl (C=O) groups is 1. The number of benzene rings is 2. The van der Waals surface area contributed by atoms with Crippen LogP contribution in [-0.2, 0) is 4.79 Å². The summed E-state index contributed by atoms with van der Waals surface area (Å²) in [5.74, 6) is -0.241. The normalized spacial score (nSPS) is 10.6. The molecular weight excluding hydrogens is 357 g/mol. The lowest BCUT2D eigenvalue weighted by molar-refractivity contribution is -0.384. The van der Waals surface area contributed by atoms with Gasteiger partial charge in [0, 0.05) is 28.8 Å². The van der Waals surface area contributed by atoms with Crippen LogP contribution < -0.4 is 10.2 Å². The number of rotatable bonds is 6. The van der Waals surface area contributed by atoms with E-state index in [4.69, 9.17) is 27.9 Å². The van der Waals surface area contributed by atoms with Crippen LogP contribution in [0.4, 0.5) is 5.69 Å². The summed E-state index contributed by atoms with van der Waals surface area (Å²) in [6, 6.07) is 10.5. The van der Waals surface area contributed by atoms with Crippen molar-refractivity contribution < 1.29 is 14.5 Å². The number of carbonyl (C=O) groups excluding carboxylic acids is 1. The fourth-order valence-electron chi connectivity index (χ4n) is 1.66. The lowest BCUT2D eigenvalue weighted by Crippen LogP contribution is -2.24. The van der Waals surface area contributed by atoms with Gasteiger partial charge in [-0.15, -0.1) is 0 Å². The Morgan fingerprint density at radius 2 is 2.08 bits per heavy atom. The van der Waals surface area contributed by atoms with E-state index in [-0.39, 0.29) is 18.0 Å². The van der Waals surface area contributed by atoms with Crippen LogP contribution in [0.1, 0.15) is 5.56 Å². The number of hydrazone groups is 1. The maximum Gasteiger partial charge on any atom is 0.277 e. The second kappa shape index (κ2) is 8.28. The van der Waals surface area contributed by atoms with E-state index in [1.54, 1.807) is 18.2 Å². The van der Waals surface area contributed by atoms with Gasteiger partial charge in [-0.1, -0.05) is 35.3 Å². The number of non-ortho nitro benzene ring substituents is 1. The molecule has 0 aliphatic rings. The van der Waals surface area contributed by atoms with Gasteiger partial charge in [-0.05, 0) is 12.1 Å². The number of nitrogens with one attached hydrogen (secondary N) is 1. The Morgan fingerprint density at radius 1 is 1.29 bits per heavy atom. The summed E-state index contributed by atoms with van der Waals surface area (Å²) in [4.78, 5) is 21.8. The maximum absolute atomic E-state index is 11.6. The average Bonchev–Trinajstić information content (AvgIpc) is 2.56. The molecule has 24 heavy (non-hydrogen) atoms. The van der Waals surface area contributed by atoms with Crippen molar-refractivity contribution in [3.8, 4) is 5.75 Å². The largest absolute Gasteiger partial charge is 0.482 e. The van der Waals surface area contributed by atoms with E-state index in [9.17, 15) is 14.9 Å². The van der Waals surface area contributed by atoms with Gasteiger partial charge in [0.05, 0.1) is 16.2 Å². The second-order valence-electron chi connectivity index (χ2n) is 4.51. The third-order valence-electron chi connectivity index (χ3n) is 2.74. The Bertz CT molecular complexity index is 796. The van der Waals surface area contributed by atoms with Gasteiger partial charge in [0.1, 0.15) is 5.75 Å². The lowest BCUT2D eigenvalue weighted by atomic mass is 10.2. The van der Waals surface area contributed by atoms with Crippen molar-refractivity contribution in [2.45, 2.75) is 0 Å². The van der Waals surface area contributed by atoms with Crippen LogP contribution in [0.25, 0.3) is 0 Å². The predicted octanol–water partition coefficient (Wildman–Crippen LogP) is 3.43. The first-order valence-electron chi connectivity index (χ1n) is 6.60. The van der Waals surface area contributed by atoms with Gasteiger partial charge in [-0.25, -0.2) is 5.43 Å². The molecule has 0 saturated heterocycles. The number of ether oxygens (including phenoxy) is 1. The summed E-state index contributed by atoms with van der Waals surface area (Å²) in [5, 5.41) is 15.1. The molecule has 1 N–H and O–H groups in total. The van der Waals surface area contributed by atoms with Crippen molar-refractivity contribution in [1.29, 1.82) is 0 Å². The van der Waals surface area contributed by atoms with Crippen molar-refractivity contribution in [2.75, 3.05) is 6.61 Å². The van der Waals surface area contributed by atoms with Crippen molar-refractivity contribution in [3.63, 3.8) is 0 Å². The van der Waals surface area contributed by atoms with Crippen molar-refractivity contribution in [3.05, 3.63) is 68.2 Å². The van der Waals surface area contributed by atoms with E-state index in [0.29, 0.717) is 15.6 Å². The molecule has 0 atom stereocenters. The van der Waals surface area contributed by atoms with Gasteiger partial charge >= 0.3 is 0 Å². The van der Waals surface area contributed by atoms with Gasteiger partial charge < -0.3 is 4.74 Å². The summed E-state index contributed by atoms with van der Waals surface area (Å²) < 4.78 is 5.24. The number of nitro groups is 1.